The summed E-state index contributed by atoms with van der Waals surface area (Å²) in [6.07, 6.45) is 0.665. The molecule has 0 atom stereocenters. The van der Waals surface area contributed by atoms with Crippen LogP contribution in [0.1, 0.15) is 12.8 Å². The van der Waals surface area contributed by atoms with Gasteiger partial charge in [-0.05, 0) is 29.7 Å². The van der Waals surface area contributed by atoms with E-state index in [1.54, 1.807) is 0 Å². The number of carboxylic acids is 1. The minimum Gasteiger partial charge on any atom is -0.494 e. The fourth-order valence-corrected chi connectivity index (χ4v) is 1.79. The number of hydrogen-bond donors (Lipinski definition) is 1. The summed E-state index contributed by atoms with van der Waals surface area (Å²) in [5, 5.41) is 8.52. The van der Waals surface area contributed by atoms with E-state index in [0.29, 0.717) is 13.0 Å². The van der Waals surface area contributed by atoms with Crippen LogP contribution in [-0.2, 0) is 4.79 Å². The molecule has 0 heterocycles. The van der Waals surface area contributed by atoms with E-state index in [9.17, 15) is 4.79 Å². The standard InChI is InChI=1S/C16H16O3/c17-16(18)7-4-12-19-15-10-8-14(9-11-15)13-5-2-1-3-6-13/h1-3,5-6,8-11H,4,7,12H2,(H,17,18). The number of carboxylic acid groups (broad SMARTS) is 1. The van der Waals surface area contributed by atoms with Crippen LogP contribution in [0.15, 0.2) is 54.6 Å². The van der Waals surface area contributed by atoms with Crippen molar-refractivity contribution in [2.24, 2.45) is 0 Å². The van der Waals surface area contributed by atoms with Crippen molar-refractivity contribution in [1.82, 2.24) is 0 Å². The van der Waals surface area contributed by atoms with Gasteiger partial charge in [0.25, 0.3) is 0 Å². The topological polar surface area (TPSA) is 46.5 Å². The van der Waals surface area contributed by atoms with Crippen LogP contribution in [-0.4, -0.2) is 17.7 Å². The van der Waals surface area contributed by atoms with Crippen molar-refractivity contribution in [3.63, 3.8) is 0 Å². The first-order valence-corrected chi connectivity index (χ1v) is 6.26. The summed E-state index contributed by atoms with van der Waals surface area (Å²) >= 11 is 0. The SMILES string of the molecule is O=C(O)CCCOc1ccc(-c2ccccc2)cc1. The zero-order valence-corrected chi connectivity index (χ0v) is 10.6. The molecule has 0 amide bonds. The largest absolute Gasteiger partial charge is 0.494 e. The van der Waals surface area contributed by atoms with Crippen LogP contribution < -0.4 is 4.74 Å². The minimum absolute atomic E-state index is 0.141. The molecular formula is C16H16O3. The molecule has 2 rings (SSSR count). The molecule has 0 bridgehead atoms. The Morgan fingerprint density at radius 3 is 2.21 bits per heavy atom. The maximum absolute atomic E-state index is 10.4. The maximum atomic E-state index is 10.4. The van der Waals surface area contributed by atoms with Gasteiger partial charge < -0.3 is 9.84 Å². The highest BCUT2D eigenvalue weighted by atomic mass is 16.5. The number of ether oxygens (including phenoxy) is 1. The fraction of sp³-hybridized carbons (Fsp3) is 0.188. The first-order valence-electron chi connectivity index (χ1n) is 6.26. The number of carbonyl (C=O) groups is 1. The Morgan fingerprint density at radius 2 is 1.58 bits per heavy atom. The van der Waals surface area contributed by atoms with Crippen LogP contribution in [0.2, 0.25) is 0 Å². The van der Waals surface area contributed by atoms with E-state index < -0.39 is 5.97 Å². The highest BCUT2D eigenvalue weighted by Crippen LogP contribution is 2.22. The molecule has 3 heteroatoms. The van der Waals surface area contributed by atoms with Gasteiger partial charge in [-0.3, -0.25) is 4.79 Å². The maximum Gasteiger partial charge on any atom is 0.303 e. The molecule has 0 aliphatic heterocycles. The zero-order chi connectivity index (χ0) is 13.5. The van der Waals surface area contributed by atoms with Crippen LogP contribution in [0.3, 0.4) is 0 Å². The van der Waals surface area contributed by atoms with Crippen molar-refractivity contribution < 1.29 is 14.6 Å². The number of benzene rings is 2. The molecule has 2 aromatic carbocycles. The quantitative estimate of drug-likeness (QED) is 0.803. The molecule has 0 aromatic heterocycles. The lowest BCUT2D eigenvalue weighted by atomic mass is 10.1. The van der Waals surface area contributed by atoms with E-state index in [-0.39, 0.29) is 6.42 Å². The van der Waals surface area contributed by atoms with Crippen molar-refractivity contribution in [3.05, 3.63) is 54.6 Å². The average Bonchev–Trinajstić information content (AvgIpc) is 2.45. The third-order valence-electron chi connectivity index (χ3n) is 2.77. The summed E-state index contributed by atoms with van der Waals surface area (Å²) in [5.41, 5.74) is 2.30. The van der Waals surface area contributed by atoms with Gasteiger partial charge in [-0.25, -0.2) is 0 Å². The monoisotopic (exact) mass is 256 g/mol. The first-order chi connectivity index (χ1) is 9.25. The van der Waals surface area contributed by atoms with Gasteiger partial charge in [0.15, 0.2) is 0 Å². The van der Waals surface area contributed by atoms with E-state index in [1.807, 2.05) is 42.5 Å². The normalized spacial score (nSPS) is 10.1. The van der Waals surface area contributed by atoms with Crippen molar-refractivity contribution in [2.75, 3.05) is 6.61 Å². The predicted octanol–water partition coefficient (Wildman–Crippen LogP) is 3.60. The minimum atomic E-state index is -0.789. The Bertz CT molecular complexity index is 517. The molecule has 1 N–H and O–H groups in total. The van der Waals surface area contributed by atoms with Gasteiger partial charge in [-0.15, -0.1) is 0 Å². The van der Waals surface area contributed by atoms with Crippen LogP contribution >= 0.6 is 0 Å². The number of aliphatic carboxylic acids is 1. The van der Waals surface area contributed by atoms with Crippen molar-refractivity contribution in [1.29, 1.82) is 0 Å². The van der Waals surface area contributed by atoms with Crippen molar-refractivity contribution in [2.45, 2.75) is 12.8 Å². The Labute approximate surface area is 112 Å². The van der Waals surface area contributed by atoms with E-state index in [0.717, 1.165) is 11.3 Å². The lowest BCUT2D eigenvalue weighted by Gasteiger charge is -2.06. The van der Waals surface area contributed by atoms with Gasteiger partial charge in [-0.2, -0.15) is 0 Å². The van der Waals surface area contributed by atoms with Gasteiger partial charge in [-0.1, -0.05) is 42.5 Å². The second-order valence-electron chi connectivity index (χ2n) is 4.24. The third kappa shape index (κ3) is 4.14. The van der Waals surface area contributed by atoms with Gasteiger partial charge in [0, 0.05) is 6.42 Å². The Morgan fingerprint density at radius 1 is 0.947 bits per heavy atom. The van der Waals surface area contributed by atoms with E-state index in [2.05, 4.69) is 12.1 Å². The van der Waals surface area contributed by atoms with Crippen LogP contribution in [0.5, 0.6) is 5.75 Å². The average molecular weight is 256 g/mol. The molecule has 3 nitrogen and oxygen atoms in total. The summed E-state index contributed by atoms with van der Waals surface area (Å²) in [6, 6.07) is 17.9. The second kappa shape index (κ2) is 6.59. The van der Waals surface area contributed by atoms with Gasteiger partial charge in [0.05, 0.1) is 6.61 Å². The summed E-state index contributed by atoms with van der Waals surface area (Å²) in [7, 11) is 0. The Balaban J connectivity index is 1.90. The van der Waals surface area contributed by atoms with E-state index in [1.165, 1.54) is 5.56 Å². The summed E-state index contributed by atoms with van der Waals surface area (Å²) in [6.45, 7) is 0.428. The molecule has 0 unspecified atom stereocenters. The molecule has 2 aromatic rings. The molecule has 0 saturated heterocycles. The molecule has 0 saturated carbocycles. The van der Waals surface area contributed by atoms with Crippen molar-refractivity contribution >= 4 is 5.97 Å². The second-order valence-corrected chi connectivity index (χ2v) is 4.24. The smallest absolute Gasteiger partial charge is 0.303 e. The predicted molar refractivity (Wildman–Crippen MR) is 74.2 cm³/mol. The van der Waals surface area contributed by atoms with E-state index in [4.69, 9.17) is 9.84 Å². The summed E-state index contributed by atoms with van der Waals surface area (Å²) < 4.78 is 5.48. The van der Waals surface area contributed by atoms with Gasteiger partial charge >= 0.3 is 5.97 Å². The fourth-order valence-electron chi connectivity index (χ4n) is 1.79. The molecule has 19 heavy (non-hydrogen) atoms. The summed E-state index contributed by atoms with van der Waals surface area (Å²) in [5.74, 6) is -0.0203. The molecule has 0 fully saturated rings. The first kappa shape index (κ1) is 13.1. The lowest BCUT2D eigenvalue weighted by Crippen LogP contribution is -2.01. The molecule has 98 valence electrons. The Kier molecular flexibility index (Phi) is 4.56. The molecule has 0 spiro atoms. The van der Waals surface area contributed by atoms with Crippen LogP contribution in [0, 0.1) is 0 Å². The van der Waals surface area contributed by atoms with Crippen molar-refractivity contribution in [3.8, 4) is 16.9 Å². The highest BCUT2D eigenvalue weighted by Gasteiger charge is 1.99. The Hall–Kier alpha value is -2.29. The highest BCUT2D eigenvalue weighted by molar-refractivity contribution is 5.66. The number of hydrogen-bond acceptors (Lipinski definition) is 2. The zero-order valence-electron chi connectivity index (χ0n) is 10.6. The van der Waals surface area contributed by atoms with Crippen LogP contribution in [0.25, 0.3) is 11.1 Å². The third-order valence-corrected chi connectivity index (χ3v) is 2.77. The van der Waals surface area contributed by atoms with E-state index >= 15 is 0 Å². The van der Waals surface area contributed by atoms with Gasteiger partial charge in [0.1, 0.15) is 5.75 Å². The summed E-state index contributed by atoms with van der Waals surface area (Å²) in [4.78, 5) is 10.4. The lowest BCUT2D eigenvalue weighted by molar-refractivity contribution is -0.137. The molecular weight excluding hydrogens is 240 g/mol. The van der Waals surface area contributed by atoms with Gasteiger partial charge in [0.2, 0.25) is 0 Å². The molecule has 0 aliphatic rings. The molecule has 0 aliphatic carbocycles. The molecule has 0 radical (unpaired) electrons. The van der Waals surface area contributed by atoms with Crippen LogP contribution in [0.4, 0.5) is 0 Å². The number of rotatable bonds is 6.